The van der Waals surface area contributed by atoms with Crippen LogP contribution in [0.2, 0.25) is 0 Å². The molecule has 0 fully saturated rings. The average molecular weight is 257 g/mol. The van der Waals surface area contributed by atoms with Crippen molar-refractivity contribution in [1.82, 2.24) is 0 Å². The lowest BCUT2D eigenvalue weighted by atomic mass is 9.96. The SMILES string of the molecule is CC(C/C=N/O)c1ccc(-c2ccc(F)cc2)cc1. The molecule has 2 aromatic carbocycles. The van der Waals surface area contributed by atoms with Gasteiger partial charge in [0.25, 0.3) is 0 Å². The van der Waals surface area contributed by atoms with Crippen LogP contribution in [0.25, 0.3) is 11.1 Å². The Kier molecular flexibility index (Phi) is 4.29. The van der Waals surface area contributed by atoms with E-state index in [1.54, 1.807) is 12.1 Å². The molecule has 0 amide bonds. The Bertz CT molecular complexity index is 546. The summed E-state index contributed by atoms with van der Waals surface area (Å²) < 4.78 is 12.9. The topological polar surface area (TPSA) is 32.6 Å². The zero-order chi connectivity index (χ0) is 13.7. The Morgan fingerprint density at radius 2 is 1.58 bits per heavy atom. The van der Waals surface area contributed by atoms with E-state index in [4.69, 9.17) is 5.21 Å². The molecule has 2 rings (SSSR count). The van der Waals surface area contributed by atoms with Crippen molar-refractivity contribution in [3.63, 3.8) is 0 Å². The monoisotopic (exact) mass is 257 g/mol. The van der Waals surface area contributed by atoms with Crippen molar-refractivity contribution in [2.24, 2.45) is 5.16 Å². The zero-order valence-corrected chi connectivity index (χ0v) is 10.8. The second kappa shape index (κ2) is 6.14. The number of hydrogen-bond donors (Lipinski definition) is 1. The molecule has 0 spiro atoms. The minimum Gasteiger partial charge on any atom is -0.411 e. The van der Waals surface area contributed by atoms with Crippen LogP contribution < -0.4 is 0 Å². The summed E-state index contributed by atoms with van der Waals surface area (Å²) in [5.74, 6) is 0.0791. The first-order valence-corrected chi connectivity index (χ1v) is 6.22. The van der Waals surface area contributed by atoms with Gasteiger partial charge in [0.2, 0.25) is 0 Å². The summed E-state index contributed by atoms with van der Waals surface area (Å²) >= 11 is 0. The van der Waals surface area contributed by atoms with Gasteiger partial charge in [-0.25, -0.2) is 4.39 Å². The van der Waals surface area contributed by atoms with Crippen LogP contribution in [0, 0.1) is 5.82 Å². The Labute approximate surface area is 112 Å². The number of benzene rings is 2. The normalized spacial score (nSPS) is 12.7. The van der Waals surface area contributed by atoms with E-state index in [1.807, 2.05) is 12.1 Å². The largest absolute Gasteiger partial charge is 0.411 e. The standard InChI is InChI=1S/C16H16FNO/c1-12(10-11-18-19)13-2-4-14(5-3-13)15-6-8-16(17)9-7-15/h2-9,11-12,19H,10H2,1H3/b18-11+. The van der Waals surface area contributed by atoms with Crippen LogP contribution in [0.1, 0.15) is 24.8 Å². The van der Waals surface area contributed by atoms with Gasteiger partial charge in [0, 0.05) is 6.21 Å². The van der Waals surface area contributed by atoms with Crippen LogP contribution in [0.15, 0.2) is 53.7 Å². The van der Waals surface area contributed by atoms with Crippen molar-refractivity contribution >= 4 is 6.21 Å². The second-order valence-electron chi connectivity index (χ2n) is 4.56. The van der Waals surface area contributed by atoms with Crippen LogP contribution in [-0.4, -0.2) is 11.4 Å². The lowest BCUT2D eigenvalue weighted by molar-refractivity contribution is 0.320. The molecule has 2 aromatic rings. The Morgan fingerprint density at radius 3 is 2.11 bits per heavy atom. The number of rotatable bonds is 4. The molecule has 0 aromatic heterocycles. The lowest BCUT2D eigenvalue weighted by Crippen LogP contribution is -1.94. The smallest absolute Gasteiger partial charge is 0.123 e. The maximum atomic E-state index is 12.9. The van der Waals surface area contributed by atoms with Crippen LogP contribution >= 0.6 is 0 Å². The molecule has 0 bridgehead atoms. The highest BCUT2D eigenvalue weighted by molar-refractivity contribution is 5.64. The minimum absolute atomic E-state index is 0.225. The van der Waals surface area contributed by atoms with Gasteiger partial charge in [-0.2, -0.15) is 0 Å². The van der Waals surface area contributed by atoms with Gasteiger partial charge < -0.3 is 5.21 Å². The zero-order valence-electron chi connectivity index (χ0n) is 10.8. The Balaban J connectivity index is 2.16. The van der Waals surface area contributed by atoms with E-state index in [9.17, 15) is 4.39 Å². The summed E-state index contributed by atoms with van der Waals surface area (Å²) in [6.45, 7) is 2.08. The molecule has 0 saturated carbocycles. The highest BCUT2D eigenvalue weighted by Gasteiger charge is 2.05. The first-order chi connectivity index (χ1) is 9.20. The molecule has 1 N–H and O–H groups in total. The van der Waals surface area contributed by atoms with E-state index in [-0.39, 0.29) is 5.82 Å². The van der Waals surface area contributed by atoms with Crippen LogP contribution in [0.5, 0.6) is 0 Å². The number of hydrogen-bond acceptors (Lipinski definition) is 2. The van der Waals surface area contributed by atoms with Crippen molar-refractivity contribution < 1.29 is 9.60 Å². The fourth-order valence-corrected chi connectivity index (χ4v) is 1.99. The maximum Gasteiger partial charge on any atom is 0.123 e. The highest BCUT2D eigenvalue weighted by Crippen LogP contribution is 2.24. The van der Waals surface area contributed by atoms with Crippen LogP contribution in [0.4, 0.5) is 4.39 Å². The molecule has 19 heavy (non-hydrogen) atoms. The summed E-state index contributed by atoms with van der Waals surface area (Å²) in [4.78, 5) is 0. The fraction of sp³-hybridized carbons (Fsp3) is 0.188. The minimum atomic E-state index is -0.225. The van der Waals surface area contributed by atoms with E-state index in [0.29, 0.717) is 12.3 Å². The molecular formula is C16H16FNO. The van der Waals surface area contributed by atoms with Gasteiger partial charge in [-0.1, -0.05) is 43.3 Å². The van der Waals surface area contributed by atoms with Gasteiger partial charge >= 0.3 is 0 Å². The van der Waals surface area contributed by atoms with Crippen molar-refractivity contribution in [2.75, 3.05) is 0 Å². The van der Waals surface area contributed by atoms with Crippen molar-refractivity contribution in [3.05, 3.63) is 59.9 Å². The molecule has 0 heterocycles. The quantitative estimate of drug-likeness (QED) is 0.490. The number of halogens is 1. The summed E-state index contributed by atoms with van der Waals surface area (Å²) in [7, 11) is 0. The number of nitrogens with zero attached hydrogens (tertiary/aromatic N) is 1. The molecule has 0 saturated heterocycles. The summed E-state index contributed by atoms with van der Waals surface area (Å²) in [5.41, 5.74) is 3.25. The number of oxime groups is 1. The molecule has 1 atom stereocenters. The lowest BCUT2D eigenvalue weighted by Gasteiger charge is -2.10. The summed E-state index contributed by atoms with van der Waals surface area (Å²) in [5, 5.41) is 11.4. The Hall–Kier alpha value is -2.16. The van der Waals surface area contributed by atoms with Crippen LogP contribution in [-0.2, 0) is 0 Å². The van der Waals surface area contributed by atoms with Gasteiger partial charge in [0.05, 0.1) is 0 Å². The fourth-order valence-electron chi connectivity index (χ4n) is 1.99. The third-order valence-corrected chi connectivity index (χ3v) is 3.20. The highest BCUT2D eigenvalue weighted by atomic mass is 19.1. The molecular weight excluding hydrogens is 241 g/mol. The second-order valence-corrected chi connectivity index (χ2v) is 4.56. The molecule has 2 nitrogen and oxygen atoms in total. The van der Waals surface area contributed by atoms with E-state index in [2.05, 4.69) is 24.2 Å². The molecule has 1 unspecified atom stereocenters. The first-order valence-electron chi connectivity index (χ1n) is 6.22. The van der Waals surface area contributed by atoms with E-state index in [0.717, 1.165) is 11.1 Å². The molecule has 98 valence electrons. The summed E-state index contributed by atoms with van der Waals surface area (Å²) in [6.07, 6.45) is 2.20. The average Bonchev–Trinajstić information content (AvgIpc) is 2.46. The molecule has 0 radical (unpaired) electrons. The third kappa shape index (κ3) is 3.41. The predicted octanol–water partition coefficient (Wildman–Crippen LogP) is 4.45. The maximum absolute atomic E-state index is 12.9. The predicted molar refractivity (Wildman–Crippen MR) is 75.1 cm³/mol. The molecule has 0 aliphatic rings. The van der Waals surface area contributed by atoms with E-state index < -0.39 is 0 Å². The van der Waals surface area contributed by atoms with Gasteiger partial charge in [-0.3, -0.25) is 0 Å². The molecule has 0 aliphatic carbocycles. The van der Waals surface area contributed by atoms with Gasteiger partial charge in [-0.15, -0.1) is 5.16 Å². The van der Waals surface area contributed by atoms with E-state index in [1.165, 1.54) is 23.9 Å². The van der Waals surface area contributed by atoms with Crippen LogP contribution in [0.3, 0.4) is 0 Å². The van der Waals surface area contributed by atoms with Gasteiger partial charge in [0.1, 0.15) is 5.82 Å². The first kappa shape index (κ1) is 13.3. The molecule has 0 aliphatic heterocycles. The van der Waals surface area contributed by atoms with Crippen molar-refractivity contribution in [2.45, 2.75) is 19.3 Å². The Morgan fingerprint density at radius 1 is 1.05 bits per heavy atom. The third-order valence-electron chi connectivity index (χ3n) is 3.20. The molecule has 3 heteroatoms. The van der Waals surface area contributed by atoms with Gasteiger partial charge in [0.15, 0.2) is 0 Å². The van der Waals surface area contributed by atoms with Crippen molar-refractivity contribution in [3.8, 4) is 11.1 Å². The van der Waals surface area contributed by atoms with Crippen molar-refractivity contribution in [1.29, 1.82) is 0 Å². The van der Waals surface area contributed by atoms with Gasteiger partial charge in [-0.05, 0) is 41.2 Å². The summed E-state index contributed by atoms with van der Waals surface area (Å²) in [6, 6.07) is 14.6. The van der Waals surface area contributed by atoms with E-state index >= 15 is 0 Å².